The Morgan fingerprint density at radius 3 is 2.67 bits per heavy atom. The van der Waals surface area contributed by atoms with Crippen LogP contribution in [0.2, 0.25) is 0 Å². The Balaban J connectivity index is 2.04. The number of hydrogen-bond acceptors (Lipinski definition) is 4. The highest BCUT2D eigenvalue weighted by Gasteiger charge is 2.30. The predicted octanol–water partition coefficient (Wildman–Crippen LogP) is 2.85. The highest BCUT2D eigenvalue weighted by atomic mass is 32.2. The smallest absolute Gasteiger partial charge is 0.311 e. The molecule has 1 aliphatic rings. The first-order chi connectivity index (χ1) is 9.77. The largest absolute Gasteiger partial charge is 0.426 e. The molecule has 1 fully saturated rings. The van der Waals surface area contributed by atoms with E-state index < -0.39 is 9.84 Å². The summed E-state index contributed by atoms with van der Waals surface area (Å²) < 4.78 is 28.3. The average molecular weight is 310 g/mol. The number of rotatable bonds is 4. The molecule has 1 aromatic rings. The maximum atomic E-state index is 12.0. The maximum absolute atomic E-state index is 12.0. The topological polar surface area (TPSA) is 60.4 Å². The van der Waals surface area contributed by atoms with Gasteiger partial charge < -0.3 is 4.74 Å². The second-order valence-electron chi connectivity index (χ2n) is 6.14. The number of aryl methyl sites for hydroxylation is 1. The minimum atomic E-state index is -2.95. The van der Waals surface area contributed by atoms with E-state index in [0.29, 0.717) is 12.2 Å². The summed E-state index contributed by atoms with van der Waals surface area (Å²) in [6.45, 7) is 6.04. The summed E-state index contributed by atoms with van der Waals surface area (Å²) in [6.07, 6.45) is 0.729. The molecule has 0 radical (unpaired) electrons. The SMILES string of the molecule is Cc1ccc(C(C)C)c(OC(=O)CC2CCS(=O)(=O)C2)c1. The Labute approximate surface area is 126 Å². The number of benzene rings is 1. The van der Waals surface area contributed by atoms with Crippen molar-refractivity contribution in [3.8, 4) is 5.75 Å². The highest BCUT2D eigenvalue weighted by molar-refractivity contribution is 7.91. The van der Waals surface area contributed by atoms with Crippen LogP contribution in [0.1, 0.15) is 43.7 Å². The van der Waals surface area contributed by atoms with E-state index >= 15 is 0 Å². The molecule has 0 aliphatic carbocycles. The summed E-state index contributed by atoms with van der Waals surface area (Å²) >= 11 is 0. The molecule has 2 rings (SSSR count). The molecule has 5 heteroatoms. The number of carbonyl (C=O) groups is 1. The van der Waals surface area contributed by atoms with Crippen LogP contribution in [-0.2, 0) is 14.6 Å². The molecule has 0 aromatic heterocycles. The van der Waals surface area contributed by atoms with Gasteiger partial charge in [0.1, 0.15) is 5.75 Å². The van der Waals surface area contributed by atoms with E-state index in [0.717, 1.165) is 11.1 Å². The zero-order valence-corrected chi connectivity index (χ0v) is 13.6. The second kappa shape index (κ2) is 6.18. The molecule has 0 bridgehead atoms. The average Bonchev–Trinajstić information content (AvgIpc) is 2.67. The van der Waals surface area contributed by atoms with Gasteiger partial charge in [-0.05, 0) is 42.4 Å². The van der Waals surface area contributed by atoms with Crippen LogP contribution in [0.3, 0.4) is 0 Å². The Bertz CT molecular complexity index is 632. The standard InChI is InChI=1S/C16H22O4S/c1-11(2)14-5-4-12(3)8-15(14)20-16(17)9-13-6-7-21(18,19)10-13/h4-5,8,11,13H,6-7,9-10H2,1-3H3. The van der Waals surface area contributed by atoms with Crippen LogP contribution in [-0.4, -0.2) is 25.9 Å². The third-order valence-corrected chi connectivity index (χ3v) is 5.63. The zero-order valence-electron chi connectivity index (χ0n) is 12.8. The summed E-state index contributed by atoms with van der Waals surface area (Å²) in [7, 11) is -2.95. The van der Waals surface area contributed by atoms with Gasteiger partial charge in [0.05, 0.1) is 11.5 Å². The minimum Gasteiger partial charge on any atom is -0.426 e. The van der Waals surface area contributed by atoms with Crippen LogP contribution in [0.15, 0.2) is 18.2 Å². The molecule has 0 amide bonds. The van der Waals surface area contributed by atoms with Gasteiger partial charge in [-0.3, -0.25) is 4.79 Å². The molecule has 4 nitrogen and oxygen atoms in total. The first-order valence-corrected chi connectivity index (χ1v) is 9.10. The number of hydrogen-bond donors (Lipinski definition) is 0. The van der Waals surface area contributed by atoms with Crippen molar-refractivity contribution in [2.75, 3.05) is 11.5 Å². The van der Waals surface area contributed by atoms with Crippen molar-refractivity contribution in [1.82, 2.24) is 0 Å². The van der Waals surface area contributed by atoms with Crippen molar-refractivity contribution in [3.05, 3.63) is 29.3 Å². The third kappa shape index (κ3) is 4.30. The van der Waals surface area contributed by atoms with Gasteiger partial charge >= 0.3 is 5.97 Å². The van der Waals surface area contributed by atoms with Crippen molar-refractivity contribution in [3.63, 3.8) is 0 Å². The molecule has 1 heterocycles. The number of sulfone groups is 1. The molecule has 0 N–H and O–H groups in total. The highest BCUT2D eigenvalue weighted by Crippen LogP contribution is 2.29. The van der Waals surface area contributed by atoms with Crippen LogP contribution in [0.5, 0.6) is 5.75 Å². The van der Waals surface area contributed by atoms with Gasteiger partial charge in [-0.25, -0.2) is 8.42 Å². The Hall–Kier alpha value is -1.36. The van der Waals surface area contributed by atoms with Gasteiger partial charge in [0.2, 0.25) is 0 Å². The Morgan fingerprint density at radius 1 is 1.38 bits per heavy atom. The molecule has 116 valence electrons. The molecule has 0 saturated carbocycles. The fourth-order valence-corrected chi connectivity index (χ4v) is 4.50. The molecule has 1 aliphatic heterocycles. The van der Waals surface area contributed by atoms with E-state index in [1.54, 1.807) is 0 Å². The van der Waals surface area contributed by atoms with Crippen molar-refractivity contribution >= 4 is 15.8 Å². The summed E-state index contributed by atoms with van der Waals surface area (Å²) in [6, 6.07) is 5.83. The molecule has 1 unspecified atom stereocenters. The van der Waals surface area contributed by atoms with Crippen molar-refractivity contribution in [1.29, 1.82) is 0 Å². The van der Waals surface area contributed by atoms with Gasteiger partial charge in [-0.2, -0.15) is 0 Å². The normalized spacial score (nSPS) is 20.7. The predicted molar refractivity (Wildman–Crippen MR) is 82.3 cm³/mol. The van der Waals surface area contributed by atoms with E-state index in [9.17, 15) is 13.2 Å². The van der Waals surface area contributed by atoms with Gasteiger partial charge in [0.15, 0.2) is 9.84 Å². The van der Waals surface area contributed by atoms with Crippen LogP contribution in [0.4, 0.5) is 0 Å². The van der Waals surface area contributed by atoms with E-state index in [1.807, 2.05) is 39.0 Å². The molecule has 1 atom stereocenters. The summed E-state index contributed by atoms with van der Waals surface area (Å²) in [5, 5.41) is 0. The molecular formula is C16H22O4S. The minimum absolute atomic E-state index is 0.102. The maximum Gasteiger partial charge on any atom is 0.311 e. The van der Waals surface area contributed by atoms with E-state index in [4.69, 9.17) is 4.74 Å². The molecule has 1 saturated heterocycles. The van der Waals surface area contributed by atoms with E-state index in [-0.39, 0.29) is 35.7 Å². The van der Waals surface area contributed by atoms with Gasteiger partial charge in [-0.1, -0.05) is 26.0 Å². The first kappa shape index (κ1) is 16.0. The molecule has 21 heavy (non-hydrogen) atoms. The van der Waals surface area contributed by atoms with Crippen LogP contribution in [0.25, 0.3) is 0 Å². The van der Waals surface area contributed by atoms with Crippen LogP contribution < -0.4 is 4.74 Å². The summed E-state index contributed by atoms with van der Waals surface area (Å²) in [4.78, 5) is 12.0. The van der Waals surface area contributed by atoms with Crippen molar-refractivity contribution in [2.24, 2.45) is 5.92 Å². The number of esters is 1. The van der Waals surface area contributed by atoms with Gasteiger partial charge in [0.25, 0.3) is 0 Å². The molecular weight excluding hydrogens is 288 g/mol. The van der Waals surface area contributed by atoms with Crippen molar-refractivity contribution < 1.29 is 17.9 Å². The third-order valence-electron chi connectivity index (χ3n) is 3.80. The van der Waals surface area contributed by atoms with E-state index in [1.165, 1.54) is 0 Å². The van der Waals surface area contributed by atoms with E-state index in [2.05, 4.69) is 0 Å². The Kier molecular flexibility index (Phi) is 4.71. The second-order valence-corrected chi connectivity index (χ2v) is 8.37. The van der Waals surface area contributed by atoms with Crippen LogP contribution >= 0.6 is 0 Å². The molecule has 1 aromatic carbocycles. The lowest BCUT2D eigenvalue weighted by Gasteiger charge is -2.14. The quantitative estimate of drug-likeness (QED) is 0.634. The van der Waals surface area contributed by atoms with Gasteiger partial charge in [0, 0.05) is 6.42 Å². The fourth-order valence-electron chi connectivity index (χ4n) is 2.64. The number of ether oxygens (including phenoxy) is 1. The summed E-state index contributed by atoms with van der Waals surface area (Å²) in [5.74, 6) is 0.704. The van der Waals surface area contributed by atoms with Gasteiger partial charge in [-0.15, -0.1) is 0 Å². The van der Waals surface area contributed by atoms with Crippen molar-refractivity contribution in [2.45, 2.75) is 39.5 Å². The van der Waals surface area contributed by atoms with Crippen LogP contribution in [0, 0.1) is 12.8 Å². The summed E-state index contributed by atoms with van der Waals surface area (Å²) in [5.41, 5.74) is 2.03. The number of carbonyl (C=O) groups excluding carboxylic acids is 1. The zero-order chi connectivity index (χ0) is 15.6. The molecule has 0 spiro atoms. The fraction of sp³-hybridized carbons (Fsp3) is 0.562. The first-order valence-electron chi connectivity index (χ1n) is 7.28. The lowest BCUT2D eigenvalue weighted by Crippen LogP contribution is -2.16. The Morgan fingerprint density at radius 2 is 2.10 bits per heavy atom. The lowest BCUT2D eigenvalue weighted by atomic mass is 10.0. The monoisotopic (exact) mass is 310 g/mol. The lowest BCUT2D eigenvalue weighted by molar-refractivity contribution is -0.135.